The van der Waals surface area contributed by atoms with E-state index in [-0.39, 0.29) is 17.6 Å². The highest BCUT2D eigenvalue weighted by molar-refractivity contribution is 5.93. The predicted octanol–water partition coefficient (Wildman–Crippen LogP) is 4.29. The number of benzene rings is 2. The number of nitrogens with zero attached hydrogens (tertiary/aromatic N) is 4. The standard InChI is InChI=1S/C24H22FN5O3/c1-32-21-7-3-2-6-18(21)19-13-20(27-26-19)24(31)30-12-4-5-16(14-30)23-29-28-22(33-23)15-8-10-17(25)11-9-15/h2-3,6-11,13,16H,4-5,12,14H2,1H3,(H,26,27). The van der Waals surface area contributed by atoms with Gasteiger partial charge in [0.15, 0.2) is 0 Å². The number of H-pyrrole nitrogens is 1. The number of methoxy groups -OCH3 is 1. The fourth-order valence-electron chi connectivity index (χ4n) is 4.07. The second kappa shape index (κ2) is 8.85. The number of aromatic amines is 1. The Morgan fingerprint density at radius 1 is 1.18 bits per heavy atom. The lowest BCUT2D eigenvalue weighted by molar-refractivity contribution is 0.0692. The summed E-state index contributed by atoms with van der Waals surface area (Å²) in [4.78, 5) is 14.9. The van der Waals surface area contributed by atoms with E-state index < -0.39 is 0 Å². The minimum Gasteiger partial charge on any atom is -0.496 e. The normalized spacial score (nSPS) is 16.1. The van der Waals surface area contributed by atoms with E-state index in [1.54, 1.807) is 30.2 Å². The Balaban J connectivity index is 1.31. The van der Waals surface area contributed by atoms with Crippen LogP contribution >= 0.6 is 0 Å². The predicted molar refractivity (Wildman–Crippen MR) is 118 cm³/mol. The number of amides is 1. The van der Waals surface area contributed by atoms with Gasteiger partial charge in [0.1, 0.15) is 17.3 Å². The van der Waals surface area contributed by atoms with Crippen LogP contribution in [0.3, 0.4) is 0 Å². The molecule has 1 saturated heterocycles. The summed E-state index contributed by atoms with van der Waals surface area (Å²) in [5.74, 6) is 0.976. The molecule has 168 valence electrons. The summed E-state index contributed by atoms with van der Waals surface area (Å²) < 4.78 is 24.4. The first-order valence-corrected chi connectivity index (χ1v) is 10.7. The Labute approximate surface area is 189 Å². The zero-order valence-electron chi connectivity index (χ0n) is 18.0. The number of carbonyl (C=O) groups excluding carboxylic acids is 1. The van der Waals surface area contributed by atoms with Gasteiger partial charge in [-0.2, -0.15) is 5.10 Å². The first-order chi connectivity index (χ1) is 16.1. The van der Waals surface area contributed by atoms with Crippen LogP contribution in [0.1, 0.15) is 35.1 Å². The number of likely N-dealkylation sites (tertiary alicyclic amines) is 1. The van der Waals surface area contributed by atoms with Crippen molar-refractivity contribution < 1.29 is 18.3 Å². The summed E-state index contributed by atoms with van der Waals surface area (Å²) in [5, 5.41) is 15.5. The lowest BCUT2D eigenvalue weighted by Gasteiger charge is -2.30. The van der Waals surface area contributed by atoms with Crippen LogP contribution in [0.4, 0.5) is 4.39 Å². The third-order valence-corrected chi connectivity index (χ3v) is 5.78. The van der Waals surface area contributed by atoms with Gasteiger partial charge in [0.05, 0.1) is 18.7 Å². The number of aromatic nitrogens is 4. The molecule has 1 unspecified atom stereocenters. The van der Waals surface area contributed by atoms with E-state index in [4.69, 9.17) is 9.15 Å². The number of ether oxygens (including phenoxy) is 1. The van der Waals surface area contributed by atoms with Crippen molar-refractivity contribution >= 4 is 5.91 Å². The molecule has 0 spiro atoms. The maximum atomic E-state index is 13.2. The van der Waals surface area contributed by atoms with Crippen molar-refractivity contribution in [1.29, 1.82) is 0 Å². The van der Waals surface area contributed by atoms with Gasteiger partial charge >= 0.3 is 0 Å². The molecule has 0 radical (unpaired) electrons. The minimum atomic E-state index is -0.326. The van der Waals surface area contributed by atoms with E-state index in [1.807, 2.05) is 24.3 Å². The van der Waals surface area contributed by atoms with Crippen LogP contribution in [-0.2, 0) is 0 Å². The maximum Gasteiger partial charge on any atom is 0.271 e. The molecular formula is C24H22FN5O3. The molecule has 0 saturated carbocycles. The van der Waals surface area contributed by atoms with Crippen LogP contribution in [0.5, 0.6) is 5.75 Å². The third-order valence-electron chi connectivity index (χ3n) is 5.78. The number of piperidine rings is 1. The Morgan fingerprint density at radius 3 is 2.82 bits per heavy atom. The molecule has 1 N–H and O–H groups in total. The molecule has 1 aliphatic rings. The van der Waals surface area contributed by atoms with Crippen LogP contribution in [0, 0.1) is 5.82 Å². The molecule has 8 nitrogen and oxygen atoms in total. The number of hydrogen-bond donors (Lipinski definition) is 1. The molecule has 1 amide bonds. The lowest BCUT2D eigenvalue weighted by atomic mass is 9.97. The van der Waals surface area contributed by atoms with Gasteiger partial charge < -0.3 is 14.1 Å². The summed E-state index contributed by atoms with van der Waals surface area (Å²) in [6, 6.07) is 15.2. The van der Waals surface area contributed by atoms with E-state index in [1.165, 1.54) is 12.1 Å². The van der Waals surface area contributed by atoms with E-state index in [0.717, 1.165) is 18.4 Å². The van der Waals surface area contributed by atoms with Gasteiger partial charge in [0.2, 0.25) is 11.8 Å². The van der Waals surface area contributed by atoms with Crippen LogP contribution < -0.4 is 4.74 Å². The molecule has 3 heterocycles. The molecule has 1 atom stereocenters. The number of hydrogen-bond acceptors (Lipinski definition) is 6. The highest BCUT2D eigenvalue weighted by Crippen LogP contribution is 2.31. The first kappa shape index (κ1) is 20.9. The molecule has 1 aliphatic heterocycles. The Bertz CT molecular complexity index is 1270. The molecule has 33 heavy (non-hydrogen) atoms. The van der Waals surface area contributed by atoms with Crippen molar-refractivity contribution in [2.45, 2.75) is 18.8 Å². The van der Waals surface area contributed by atoms with E-state index in [0.29, 0.717) is 47.6 Å². The number of para-hydroxylation sites is 1. The summed E-state index contributed by atoms with van der Waals surface area (Å²) in [7, 11) is 1.60. The van der Waals surface area contributed by atoms with E-state index >= 15 is 0 Å². The molecule has 5 rings (SSSR count). The van der Waals surface area contributed by atoms with Gasteiger partial charge in [-0.3, -0.25) is 9.89 Å². The Morgan fingerprint density at radius 2 is 2.00 bits per heavy atom. The molecule has 0 bridgehead atoms. The van der Waals surface area contributed by atoms with E-state index in [2.05, 4.69) is 20.4 Å². The van der Waals surface area contributed by atoms with Crippen molar-refractivity contribution in [2.24, 2.45) is 0 Å². The average molecular weight is 447 g/mol. The number of nitrogens with one attached hydrogen (secondary N) is 1. The summed E-state index contributed by atoms with van der Waals surface area (Å²) in [6.45, 7) is 1.10. The fraction of sp³-hybridized carbons (Fsp3) is 0.250. The van der Waals surface area contributed by atoms with Crippen LogP contribution in [0.25, 0.3) is 22.7 Å². The van der Waals surface area contributed by atoms with Gasteiger partial charge in [-0.05, 0) is 55.3 Å². The van der Waals surface area contributed by atoms with Crippen molar-refractivity contribution in [3.63, 3.8) is 0 Å². The SMILES string of the molecule is COc1ccccc1-c1cc(C(=O)N2CCCC(c3nnc(-c4ccc(F)cc4)o3)C2)[nH]n1. The van der Waals surface area contributed by atoms with Crippen LogP contribution in [-0.4, -0.2) is 51.4 Å². The first-order valence-electron chi connectivity index (χ1n) is 10.7. The molecular weight excluding hydrogens is 425 g/mol. The van der Waals surface area contributed by atoms with Gasteiger partial charge in [-0.1, -0.05) is 12.1 Å². The van der Waals surface area contributed by atoms with Gasteiger partial charge in [-0.25, -0.2) is 4.39 Å². The molecule has 1 fully saturated rings. The molecule has 4 aromatic rings. The molecule has 9 heteroatoms. The highest BCUT2D eigenvalue weighted by atomic mass is 19.1. The van der Waals surface area contributed by atoms with Crippen LogP contribution in [0.2, 0.25) is 0 Å². The highest BCUT2D eigenvalue weighted by Gasteiger charge is 2.30. The zero-order valence-corrected chi connectivity index (χ0v) is 18.0. The van der Waals surface area contributed by atoms with Crippen molar-refractivity contribution in [3.8, 4) is 28.5 Å². The number of halogens is 1. The number of carbonyl (C=O) groups is 1. The van der Waals surface area contributed by atoms with Crippen LogP contribution in [0.15, 0.2) is 59.0 Å². The average Bonchev–Trinajstić information content (AvgIpc) is 3.55. The largest absolute Gasteiger partial charge is 0.496 e. The molecule has 2 aromatic carbocycles. The second-order valence-electron chi connectivity index (χ2n) is 7.91. The third kappa shape index (κ3) is 4.21. The number of rotatable bonds is 5. The Kier molecular flexibility index (Phi) is 5.60. The minimum absolute atomic E-state index is 0.0685. The molecule has 2 aromatic heterocycles. The lowest BCUT2D eigenvalue weighted by Crippen LogP contribution is -2.39. The maximum absolute atomic E-state index is 13.2. The summed E-state index contributed by atoms with van der Waals surface area (Å²) in [6.07, 6.45) is 1.66. The topological polar surface area (TPSA) is 97.1 Å². The zero-order chi connectivity index (χ0) is 22.8. The quantitative estimate of drug-likeness (QED) is 0.490. The van der Waals surface area contributed by atoms with Crippen molar-refractivity contribution in [2.75, 3.05) is 20.2 Å². The van der Waals surface area contributed by atoms with E-state index in [9.17, 15) is 9.18 Å². The van der Waals surface area contributed by atoms with Gasteiger partial charge in [-0.15, -0.1) is 10.2 Å². The summed E-state index contributed by atoms with van der Waals surface area (Å²) in [5.41, 5.74) is 2.52. The smallest absolute Gasteiger partial charge is 0.271 e. The Hall–Kier alpha value is -4.01. The van der Waals surface area contributed by atoms with Crippen molar-refractivity contribution in [1.82, 2.24) is 25.3 Å². The van der Waals surface area contributed by atoms with Gasteiger partial charge in [0.25, 0.3) is 5.91 Å². The summed E-state index contributed by atoms with van der Waals surface area (Å²) >= 11 is 0. The van der Waals surface area contributed by atoms with Crippen molar-refractivity contribution in [3.05, 3.63) is 72.0 Å². The molecule has 0 aliphatic carbocycles. The fourth-order valence-corrected chi connectivity index (χ4v) is 4.07. The van der Waals surface area contributed by atoms with Gasteiger partial charge in [0, 0.05) is 24.2 Å². The monoisotopic (exact) mass is 447 g/mol. The second-order valence-corrected chi connectivity index (χ2v) is 7.91.